The van der Waals surface area contributed by atoms with Crippen LogP contribution in [0.2, 0.25) is 5.02 Å². The van der Waals surface area contributed by atoms with Crippen LogP contribution in [0.1, 0.15) is 12.6 Å². The SMILES string of the molecule is CCc1nn(C)c(-c2nnc(-c3ccc(F)cc3)o2)c1Cl. The number of benzene rings is 1. The summed E-state index contributed by atoms with van der Waals surface area (Å²) >= 11 is 6.28. The van der Waals surface area contributed by atoms with Gasteiger partial charge in [-0.1, -0.05) is 18.5 Å². The van der Waals surface area contributed by atoms with Crippen LogP contribution < -0.4 is 0 Å². The van der Waals surface area contributed by atoms with Crippen molar-refractivity contribution in [3.05, 3.63) is 40.8 Å². The highest BCUT2D eigenvalue weighted by Crippen LogP contribution is 2.31. The molecular formula is C14H12ClFN4O. The molecule has 0 atom stereocenters. The molecule has 0 saturated carbocycles. The largest absolute Gasteiger partial charge is 0.415 e. The summed E-state index contributed by atoms with van der Waals surface area (Å²) < 4.78 is 20.2. The van der Waals surface area contributed by atoms with Gasteiger partial charge in [0.05, 0.1) is 10.7 Å². The van der Waals surface area contributed by atoms with Crippen molar-refractivity contribution in [2.75, 3.05) is 0 Å². The van der Waals surface area contributed by atoms with Gasteiger partial charge in [-0.15, -0.1) is 10.2 Å². The third-order valence-corrected chi connectivity index (χ3v) is 3.51. The minimum Gasteiger partial charge on any atom is -0.415 e. The Morgan fingerprint density at radius 2 is 1.86 bits per heavy atom. The maximum absolute atomic E-state index is 12.9. The van der Waals surface area contributed by atoms with Gasteiger partial charge in [0.15, 0.2) is 0 Å². The van der Waals surface area contributed by atoms with Gasteiger partial charge < -0.3 is 4.42 Å². The zero-order valence-electron chi connectivity index (χ0n) is 11.5. The van der Waals surface area contributed by atoms with Gasteiger partial charge in [0.1, 0.15) is 11.5 Å². The van der Waals surface area contributed by atoms with Crippen LogP contribution in [-0.2, 0) is 13.5 Å². The molecule has 3 aromatic rings. The van der Waals surface area contributed by atoms with Crippen LogP contribution in [0, 0.1) is 5.82 Å². The summed E-state index contributed by atoms with van der Waals surface area (Å²) in [5.74, 6) is 0.273. The molecule has 0 N–H and O–H groups in total. The lowest BCUT2D eigenvalue weighted by Crippen LogP contribution is -1.94. The quantitative estimate of drug-likeness (QED) is 0.743. The van der Waals surface area contributed by atoms with E-state index in [0.717, 1.165) is 5.69 Å². The standard InChI is InChI=1S/C14H12ClFN4O/c1-3-10-11(15)12(20(2)19-10)14-18-17-13(21-14)8-4-6-9(16)7-5-8/h4-7H,3H2,1-2H3. The smallest absolute Gasteiger partial charge is 0.267 e. The third-order valence-electron chi connectivity index (χ3n) is 3.11. The van der Waals surface area contributed by atoms with E-state index in [-0.39, 0.29) is 11.7 Å². The van der Waals surface area contributed by atoms with E-state index in [9.17, 15) is 4.39 Å². The molecule has 0 radical (unpaired) electrons. The van der Waals surface area contributed by atoms with E-state index >= 15 is 0 Å². The van der Waals surface area contributed by atoms with Crippen molar-refractivity contribution >= 4 is 11.6 Å². The Balaban J connectivity index is 2.02. The summed E-state index contributed by atoms with van der Waals surface area (Å²) in [7, 11) is 1.77. The topological polar surface area (TPSA) is 56.7 Å². The molecule has 0 fully saturated rings. The summed E-state index contributed by atoms with van der Waals surface area (Å²) in [4.78, 5) is 0. The Kier molecular flexibility index (Phi) is 3.47. The third kappa shape index (κ3) is 2.42. The first kappa shape index (κ1) is 13.8. The van der Waals surface area contributed by atoms with Gasteiger partial charge in [-0.2, -0.15) is 5.10 Å². The van der Waals surface area contributed by atoms with Gasteiger partial charge in [0.25, 0.3) is 5.89 Å². The van der Waals surface area contributed by atoms with Crippen molar-refractivity contribution in [3.8, 4) is 23.0 Å². The minimum atomic E-state index is -0.319. The summed E-state index contributed by atoms with van der Waals surface area (Å²) in [5, 5.41) is 12.8. The molecular weight excluding hydrogens is 295 g/mol. The van der Waals surface area contributed by atoms with E-state index in [4.69, 9.17) is 16.0 Å². The monoisotopic (exact) mass is 306 g/mol. The maximum atomic E-state index is 12.9. The number of aryl methyl sites for hydroxylation is 2. The Labute approximate surface area is 125 Å². The van der Waals surface area contributed by atoms with E-state index in [2.05, 4.69) is 15.3 Å². The molecule has 0 saturated heterocycles. The average molecular weight is 307 g/mol. The lowest BCUT2D eigenvalue weighted by Gasteiger charge is -1.96. The molecule has 0 bridgehead atoms. The molecule has 0 amide bonds. The van der Waals surface area contributed by atoms with E-state index in [1.165, 1.54) is 12.1 Å². The van der Waals surface area contributed by atoms with Crippen molar-refractivity contribution in [1.82, 2.24) is 20.0 Å². The molecule has 21 heavy (non-hydrogen) atoms. The number of aromatic nitrogens is 4. The fourth-order valence-electron chi connectivity index (χ4n) is 2.04. The first-order valence-corrected chi connectivity index (χ1v) is 6.79. The number of hydrogen-bond donors (Lipinski definition) is 0. The second-order valence-corrected chi connectivity index (χ2v) is 4.88. The lowest BCUT2D eigenvalue weighted by molar-refractivity contribution is 0.574. The second-order valence-electron chi connectivity index (χ2n) is 4.51. The molecule has 0 aliphatic rings. The summed E-state index contributed by atoms with van der Waals surface area (Å²) in [6.45, 7) is 1.97. The van der Waals surface area contributed by atoms with Crippen LogP contribution in [0.25, 0.3) is 23.0 Å². The predicted molar refractivity (Wildman–Crippen MR) is 76.3 cm³/mol. The van der Waals surface area contributed by atoms with Gasteiger partial charge in [0, 0.05) is 12.6 Å². The molecule has 108 valence electrons. The van der Waals surface area contributed by atoms with Crippen LogP contribution in [0.3, 0.4) is 0 Å². The summed E-state index contributed by atoms with van der Waals surface area (Å²) in [6.07, 6.45) is 0.714. The second kappa shape index (κ2) is 5.29. The molecule has 7 heteroatoms. The van der Waals surface area contributed by atoms with Crippen molar-refractivity contribution in [1.29, 1.82) is 0 Å². The lowest BCUT2D eigenvalue weighted by atomic mass is 10.2. The summed E-state index contributed by atoms with van der Waals surface area (Å²) in [5.41, 5.74) is 1.99. The Morgan fingerprint density at radius 3 is 2.48 bits per heavy atom. The van der Waals surface area contributed by atoms with Gasteiger partial charge in [-0.3, -0.25) is 4.68 Å². The van der Waals surface area contributed by atoms with Gasteiger partial charge in [-0.05, 0) is 30.7 Å². The Bertz CT molecular complexity index is 779. The van der Waals surface area contributed by atoms with E-state index < -0.39 is 0 Å². The molecule has 0 spiro atoms. The molecule has 0 aliphatic carbocycles. The van der Waals surface area contributed by atoms with Crippen LogP contribution in [-0.4, -0.2) is 20.0 Å². The molecule has 3 rings (SSSR count). The van der Waals surface area contributed by atoms with Crippen molar-refractivity contribution in [2.24, 2.45) is 7.05 Å². The Morgan fingerprint density at radius 1 is 1.19 bits per heavy atom. The van der Waals surface area contributed by atoms with E-state index in [1.54, 1.807) is 23.9 Å². The maximum Gasteiger partial charge on any atom is 0.267 e. The first-order chi connectivity index (χ1) is 10.1. The number of nitrogens with zero attached hydrogens (tertiary/aromatic N) is 4. The summed E-state index contributed by atoms with van der Waals surface area (Å²) in [6, 6.07) is 5.83. The average Bonchev–Trinajstić information content (AvgIpc) is 3.04. The molecule has 5 nitrogen and oxygen atoms in total. The molecule has 2 aromatic heterocycles. The first-order valence-electron chi connectivity index (χ1n) is 6.41. The van der Waals surface area contributed by atoms with Crippen LogP contribution in [0.5, 0.6) is 0 Å². The Hall–Kier alpha value is -2.21. The fourth-order valence-corrected chi connectivity index (χ4v) is 2.41. The number of hydrogen-bond acceptors (Lipinski definition) is 4. The van der Waals surface area contributed by atoms with Gasteiger partial charge in [-0.25, -0.2) is 4.39 Å². The van der Waals surface area contributed by atoms with Gasteiger partial charge >= 0.3 is 0 Å². The van der Waals surface area contributed by atoms with Crippen molar-refractivity contribution in [2.45, 2.75) is 13.3 Å². The predicted octanol–water partition coefficient (Wildman–Crippen LogP) is 3.49. The molecule has 0 unspecified atom stereocenters. The number of rotatable bonds is 3. The zero-order chi connectivity index (χ0) is 15.0. The molecule has 1 aromatic carbocycles. The fraction of sp³-hybridized carbons (Fsp3) is 0.214. The zero-order valence-corrected chi connectivity index (χ0v) is 12.2. The van der Waals surface area contributed by atoms with Crippen LogP contribution in [0.4, 0.5) is 4.39 Å². The van der Waals surface area contributed by atoms with E-state index in [1.807, 2.05) is 6.92 Å². The van der Waals surface area contributed by atoms with E-state index in [0.29, 0.717) is 28.6 Å². The highest BCUT2D eigenvalue weighted by Gasteiger charge is 2.20. The van der Waals surface area contributed by atoms with Gasteiger partial charge in [0.2, 0.25) is 5.89 Å². The van der Waals surface area contributed by atoms with Crippen LogP contribution >= 0.6 is 11.6 Å². The van der Waals surface area contributed by atoms with Crippen LogP contribution in [0.15, 0.2) is 28.7 Å². The normalized spacial score (nSPS) is 11.0. The van der Waals surface area contributed by atoms with Crippen molar-refractivity contribution in [3.63, 3.8) is 0 Å². The van der Waals surface area contributed by atoms with Crippen molar-refractivity contribution < 1.29 is 8.81 Å². The molecule has 0 aliphatic heterocycles. The highest BCUT2D eigenvalue weighted by atomic mass is 35.5. The number of halogens is 2. The highest BCUT2D eigenvalue weighted by molar-refractivity contribution is 6.33. The minimum absolute atomic E-state index is 0.286. The molecule has 2 heterocycles.